The topological polar surface area (TPSA) is 47.3 Å². The first-order valence-electron chi connectivity index (χ1n) is 6.31. The van der Waals surface area contributed by atoms with Crippen LogP contribution in [-0.2, 0) is 22.4 Å². The lowest BCUT2D eigenvalue weighted by Gasteiger charge is -2.01. The van der Waals surface area contributed by atoms with E-state index in [1.54, 1.807) is 6.26 Å². The molecular weight excluding hydrogens is 216 g/mol. The lowest BCUT2D eigenvalue weighted by molar-refractivity contribution is -0.108. The van der Waals surface area contributed by atoms with E-state index in [4.69, 9.17) is 4.42 Å². The fraction of sp³-hybridized carbons (Fsp3) is 0.571. The maximum Gasteiger partial charge on any atom is 0.119 e. The Balaban J connectivity index is 2.26. The summed E-state index contributed by atoms with van der Waals surface area (Å²) in [5.74, 6) is 1.04. The molecule has 0 aliphatic heterocycles. The normalized spacial score (nSPS) is 10.4. The molecule has 1 heterocycles. The Kier molecular flexibility index (Phi) is 7.03. The van der Waals surface area contributed by atoms with Gasteiger partial charge in [0.25, 0.3) is 0 Å². The van der Waals surface area contributed by atoms with Crippen LogP contribution < -0.4 is 0 Å². The van der Waals surface area contributed by atoms with Gasteiger partial charge >= 0.3 is 0 Å². The van der Waals surface area contributed by atoms with Gasteiger partial charge in [0.2, 0.25) is 0 Å². The van der Waals surface area contributed by atoms with Crippen LogP contribution in [0.25, 0.3) is 0 Å². The van der Waals surface area contributed by atoms with Gasteiger partial charge in [-0.25, -0.2) is 0 Å². The highest BCUT2D eigenvalue weighted by atomic mass is 16.3. The molecule has 0 saturated heterocycles. The monoisotopic (exact) mass is 236 g/mol. The van der Waals surface area contributed by atoms with Crippen LogP contribution in [0.1, 0.15) is 49.8 Å². The molecule has 0 aromatic carbocycles. The first-order chi connectivity index (χ1) is 8.38. The highest BCUT2D eigenvalue weighted by Gasteiger charge is 2.05. The Hall–Kier alpha value is -1.38. The number of hydrogen-bond acceptors (Lipinski definition) is 3. The number of furan rings is 1. The fourth-order valence-corrected chi connectivity index (χ4v) is 1.87. The smallest absolute Gasteiger partial charge is 0.119 e. The highest BCUT2D eigenvalue weighted by Crippen LogP contribution is 2.16. The Morgan fingerprint density at radius 2 is 1.59 bits per heavy atom. The van der Waals surface area contributed by atoms with Crippen LogP contribution in [0.4, 0.5) is 0 Å². The van der Waals surface area contributed by atoms with Gasteiger partial charge in [-0.1, -0.05) is 0 Å². The van der Waals surface area contributed by atoms with Gasteiger partial charge in [0.15, 0.2) is 0 Å². The number of aryl methyl sites for hydroxylation is 2. The van der Waals surface area contributed by atoms with Gasteiger partial charge in [0.1, 0.15) is 18.3 Å². The van der Waals surface area contributed by atoms with E-state index in [1.165, 1.54) is 5.56 Å². The second-order valence-corrected chi connectivity index (χ2v) is 4.19. The second-order valence-electron chi connectivity index (χ2n) is 4.19. The summed E-state index contributed by atoms with van der Waals surface area (Å²) in [4.78, 5) is 20.4. The molecule has 1 rings (SSSR count). The van der Waals surface area contributed by atoms with Gasteiger partial charge in [0, 0.05) is 19.3 Å². The van der Waals surface area contributed by atoms with Crippen molar-refractivity contribution in [1.82, 2.24) is 0 Å². The molecule has 0 aliphatic carbocycles. The molecule has 94 valence electrons. The van der Waals surface area contributed by atoms with E-state index in [-0.39, 0.29) is 0 Å². The van der Waals surface area contributed by atoms with E-state index in [2.05, 4.69) is 0 Å². The summed E-state index contributed by atoms with van der Waals surface area (Å²) < 4.78 is 5.44. The van der Waals surface area contributed by atoms with Crippen molar-refractivity contribution in [3.8, 4) is 0 Å². The van der Waals surface area contributed by atoms with Gasteiger partial charge in [-0.2, -0.15) is 0 Å². The Morgan fingerprint density at radius 3 is 2.24 bits per heavy atom. The van der Waals surface area contributed by atoms with Crippen molar-refractivity contribution in [1.29, 1.82) is 0 Å². The van der Waals surface area contributed by atoms with Gasteiger partial charge in [-0.3, -0.25) is 0 Å². The standard InChI is InChI=1S/C14H20O3/c15-10-5-1-3-7-13-9-12-17-14(13)8-4-2-6-11-16/h9-12H,1-8H2. The van der Waals surface area contributed by atoms with Crippen molar-refractivity contribution < 1.29 is 14.0 Å². The fourth-order valence-electron chi connectivity index (χ4n) is 1.87. The van der Waals surface area contributed by atoms with Crippen molar-refractivity contribution in [2.24, 2.45) is 0 Å². The molecule has 3 heteroatoms. The lowest BCUT2D eigenvalue weighted by Crippen LogP contribution is -1.92. The minimum atomic E-state index is 0.634. The predicted molar refractivity (Wildman–Crippen MR) is 65.9 cm³/mol. The summed E-state index contributed by atoms with van der Waals surface area (Å²) in [5.41, 5.74) is 1.25. The summed E-state index contributed by atoms with van der Waals surface area (Å²) in [5, 5.41) is 0. The molecule has 0 unspecified atom stereocenters. The lowest BCUT2D eigenvalue weighted by atomic mass is 10.0. The van der Waals surface area contributed by atoms with Crippen molar-refractivity contribution in [3.63, 3.8) is 0 Å². The Bertz CT molecular complexity index is 297. The molecule has 0 N–H and O–H groups in total. The molecule has 17 heavy (non-hydrogen) atoms. The van der Waals surface area contributed by atoms with Gasteiger partial charge < -0.3 is 14.0 Å². The van der Waals surface area contributed by atoms with Crippen LogP contribution in [0.2, 0.25) is 0 Å². The van der Waals surface area contributed by atoms with Gasteiger partial charge in [-0.15, -0.1) is 0 Å². The van der Waals surface area contributed by atoms with Crippen LogP contribution in [0.15, 0.2) is 16.7 Å². The van der Waals surface area contributed by atoms with Gasteiger partial charge in [-0.05, 0) is 43.7 Å². The van der Waals surface area contributed by atoms with Crippen molar-refractivity contribution in [2.75, 3.05) is 0 Å². The number of hydrogen-bond donors (Lipinski definition) is 0. The summed E-state index contributed by atoms with van der Waals surface area (Å²) in [6.07, 6.45) is 10.7. The van der Waals surface area contributed by atoms with E-state index >= 15 is 0 Å². The van der Waals surface area contributed by atoms with E-state index in [0.717, 1.165) is 56.9 Å². The number of aldehydes is 2. The SMILES string of the molecule is O=CCCCCc1ccoc1CCCCC=O. The Labute approximate surface area is 102 Å². The summed E-state index contributed by atoms with van der Waals surface area (Å²) >= 11 is 0. The molecule has 0 atom stereocenters. The van der Waals surface area contributed by atoms with Crippen LogP contribution in [0.5, 0.6) is 0 Å². The maximum atomic E-state index is 10.2. The molecule has 0 aliphatic rings. The number of unbranched alkanes of at least 4 members (excludes halogenated alkanes) is 4. The zero-order valence-corrected chi connectivity index (χ0v) is 10.2. The molecule has 0 saturated carbocycles. The summed E-state index contributed by atoms with van der Waals surface area (Å²) in [7, 11) is 0. The molecule has 0 amide bonds. The maximum absolute atomic E-state index is 10.2. The number of rotatable bonds is 10. The van der Waals surface area contributed by atoms with E-state index in [1.807, 2.05) is 6.07 Å². The minimum Gasteiger partial charge on any atom is -0.469 e. The van der Waals surface area contributed by atoms with E-state index < -0.39 is 0 Å². The zero-order chi connectivity index (χ0) is 12.3. The molecule has 0 bridgehead atoms. The van der Waals surface area contributed by atoms with Crippen LogP contribution >= 0.6 is 0 Å². The van der Waals surface area contributed by atoms with Crippen molar-refractivity contribution in [2.45, 2.75) is 51.4 Å². The molecule has 0 spiro atoms. The third-order valence-corrected chi connectivity index (χ3v) is 2.83. The van der Waals surface area contributed by atoms with Crippen LogP contribution in [0.3, 0.4) is 0 Å². The predicted octanol–water partition coefficient (Wildman–Crippen LogP) is 3.10. The third-order valence-electron chi connectivity index (χ3n) is 2.83. The molecule has 1 aromatic heterocycles. The Morgan fingerprint density at radius 1 is 0.941 bits per heavy atom. The minimum absolute atomic E-state index is 0.634. The molecule has 3 nitrogen and oxygen atoms in total. The molecule has 0 fully saturated rings. The average Bonchev–Trinajstić information content (AvgIpc) is 2.78. The summed E-state index contributed by atoms with van der Waals surface area (Å²) in [6, 6.07) is 2.01. The van der Waals surface area contributed by atoms with E-state index in [9.17, 15) is 9.59 Å². The third kappa shape index (κ3) is 5.48. The van der Waals surface area contributed by atoms with Crippen molar-refractivity contribution in [3.05, 3.63) is 23.7 Å². The zero-order valence-electron chi connectivity index (χ0n) is 10.2. The van der Waals surface area contributed by atoms with E-state index in [0.29, 0.717) is 12.8 Å². The largest absolute Gasteiger partial charge is 0.469 e. The van der Waals surface area contributed by atoms with Crippen LogP contribution in [-0.4, -0.2) is 12.6 Å². The molecule has 0 radical (unpaired) electrons. The molecular formula is C14H20O3. The number of carbonyl (C=O) groups is 2. The summed E-state index contributed by atoms with van der Waals surface area (Å²) in [6.45, 7) is 0. The number of carbonyl (C=O) groups excluding carboxylic acids is 2. The van der Waals surface area contributed by atoms with Crippen LogP contribution in [0, 0.1) is 0 Å². The second kappa shape index (κ2) is 8.74. The first-order valence-corrected chi connectivity index (χ1v) is 6.31. The average molecular weight is 236 g/mol. The van der Waals surface area contributed by atoms with Crippen molar-refractivity contribution >= 4 is 12.6 Å². The first kappa shape index (κ1) is 13.7. The van der Waals surface area contributed by atoms with Gasteiger partial charge in [0.05, 0.1) is 6.26 Å². The molecule has 1 aromatic rings. The quantitative estimate of drug-likeness (QED) is 0.463. The highest BCUT2D eigenvalue weighted by molar-refractivity contribution is 5.49.